The van der Waals surface area contributed by atoms with Crippen LogP contribution in [0, 0.1) is 12.3 Å². The van der Waals surface area contributed by atoms with E-state index in [1.807, 2.05) is 12.3 Å². The molecular weight excluding hydrogens is 224 g/mol. The van der Waals surface area contributed by atoms with Gasteiger partial charge in [-0.25, -0.2) is 9.97 Å². The highest BCUT2D eigenvalue weighted by molar-refractivity contribution is 5.77. The van der Waals surface area contributed by atoms with Gasteiger partial charge in [-0.15, -0.1) is 0 Å². The zero-order chi connectivity index (χ0) is 12.9. The summed E-state index contributed by atoms with van der Waals surface area (Å²) in [6, 6.07) is 2.40. The third-order valence-corrected chi connectivity index (χ3v) is 4.32. The first-order valence-corrected chi connectivity index (χ1v) is 6.60. The lowest BCUT2D eigenvalue weighted by atomic mass is 9.87. The van der Waals surface area contributed by atoms with Crippen LogP contribution in [-0.2, 0) is 0 Å². The topological polar surface area (TPSA) is 56.7 Å². The monoisotopic (exact) mass is 244 g/mol. The highest BCUT2D eigenvalue weighted by atomic mass is 15.2. The molecule has 1 aliphatic carbocycles. The van der Waals surface area contributed by atoms with Crippen LogP contribution in [-0.4, -0.2) is 14.5 Å². The molecular formula is C14H20N4. The summed E-state index contributed by atoms with van der Waals surface area (Å²) in [6.07, 6.45) is 5.50. The Kier molecular flexibility index (Phi) is 2.37. The zero-order valence-corrected chi connectivity index (χ0v) is 11.3. The van der Waals surface area contributed by atoms with E-state index < -0.39 is 0 Å². The maximum atomic E-state index is 6.14. The molecule has 0 spiro atoms. The summed E-state index contributed by atoms with van der Waals surface area (Å²) in [5, 5.41) is 0. The Labute approximate surface area is 107 Å². The average molecular weight is 244 g/mol. The predicted molar refractivity (Wildman–Crippen MR) is 73.3 cm³/mol. The summed E-state index contributed by atoms with van der Waals surface area (Å²) in [7, 11) is 0. The number of hydrogen-bond donors (Lipinski definition) is 1. The smallest absolute Gasteiger partial charge is 0.202 e. The van der Waals surface area contributed by atoms with Gasteiger partial charge in [-0.3, -0.25) is 4.57 Å². The summed E-state index contributed by atoms with van der Waals surface area (Å²) in [6.45, 7) is 6.68. The van der Waals surface area contributed by atoms with Crippen molar-refractivity contribution in [1.82, 2.24) is 14.5 Å². The Morgan fingerprint density at radius 1 is 1.44 bits per heavy atom. The molecule has 1 atom stereocenters. The van der Waals surface area contributed by atoms with Crippen LogP contribution in [0.3, 0.4) is 0 Å². The number of imidazole rings is 1. The lowest BCUT2D eigenvalue weighted by Gasteiger charge is -2.28. The minimum atomic E-state index is 0.271. The number of rotatable bonds is 1. The molecule has 0 saturated heterocycles. The van der Waals surface area contributed by atoms with E-state index in [9.17, 15) is 0 Å². The van der Waals surface area contributed by atoms with Crippen molar-refractivity contribution in [3.8, 4) is 0 Å². The Bertz CT molecular complexity index is 597. The summed E-state index contributed by atoms with van der Waals surface area (Å²) in [5.74, 6) is 0.603. The van der Waals surface area contributed by atoms with Crippen LogP contribution < -0.4 is 5.73 Å². The molecule has 4 nitrogen and oxygen atoms in total. The van der Waals surface area contributed by atoms with Gasteiger partial charge in [-0.1, -0.05) is 20.3 Å². The number of aromatic nitrogens is 3. The van der Waals surface area contributed by atoms with E-state index in [-0.39, 0.29) is 5.41 Å². The van der Waals surface area contributed by atoms with Gasteiger partial charge < -0.3 is 5.73 Å². The third kappa shape index (κ3) is 1.51. The van der Waals surface area contributed by atoms with Crippen molar-refractivity contribution in [2.24, 2.45) is 5.41 Å². The lowest BCUT2D eigenvalue weighted by molar-refractivity contribution is 0.267. The molecule has 0 aliphatic heterocycles. The normalized spacial score (nSPS) is 22.7. The summed E-state index contributed by atoms with van der Waals surface area (Å²) in [4.78, 5) is 8.99. The molecule has 0 radical (unpaired) electrons. The van der Waals surface area contributed by atoms with E-state index >= 15 is 0 Å². The SMILES string of the molecule is Cc1ccnc2c1nc(N)n2C1CCCC1(C)C. The summed E-state index contributed by atoms with van der Waals surface area (Å²) >= 11 is 0. The quantitative estimate of drug-likeness (QED) is 0.838. The highest BCUT2D eigenvalue weighted by Crippen LogP contribution is 2.47. The number of nitrogen functional groups attached to an aromatic ring is 1. The molecule has 0 bridgehead atoms. The molecule has 2 N–H and O–H groups in total. The van der Waals surface area contributed by atoms with Crippen LogP contribution in [0.5, 0.6) is 0 Å². The van der Waals surface area contributed by atoms with E-state index in [4.69, 9.17) is 5.73 Å². The molecule has 18 heavy (non-hydrogen) atoms. The Hall–Kier alpha value is -1.58. The Morgan fingerprint density at radius 2 is 2.22 bits per heavy atom. The lowest BCUT2D eigenvalue weighted by Crippen LogP contribution is -2.23. The van der Waals surface area contributed by atoms with Gasteiger partial charge in [0.15, 0.2) is 5.65 Å². The van der Waals surface area contributed by atoms with Crippen LogP contribution in [0.2, 0.25) is 0 Å². The fourth-order valence-electron chi connectivity index (χ4n) is 3.22. The maximum absolute atomic E-state index is 6.14. The van der Waals surface area contributed by atoms with Crippen LogP contribution in [0.25, 0.3) is 11.2 Å². The van der Waals surface area contributed by atoms with Crippen molar-refractivity contribution in [2.45, 2.75) is 46.1 Å². The van der Waals surface area contributed by atoms with Crippen molar-refractivity contribution in [1.29, 1.82) is 0 Å². The first-order chi connectivity index (χ1) is 8.50. The number of pyridine rings is 1. The molecule has 1 unspecified atom stereocenters. The van der Waals surface area contributed by atoms with Gasteiger partial charge in [0.05, 0.1) is 0 Å². The van der Waals surface area contributed by atoms with Crippen molar-refractivity contribution in [3.05, 3.63) is 17.8 Å². The van der Waals surface area contributed by atoms with Crippen LogP contribution in [0.4, 0.5) is 5.95 Å². The van der Waals surface area contributed by atoms with Gasteiger partial charge in [0.1, 0.15) is 5.52 Å². The number of nitrogens with two attached hydrogens (primary N) is 1. The number of hydrogen-bond acceptors (Lipinski definition) is 3. The van der Waals surface area contributed by atoms with Crippen LogP contribution in [0.1, 0.15) is 44.7 Å². The van der Waals surface area contributed by atoms with Crippen molar-refractivity contribution in [3.63, 3.8) is 0 Å². The third-order valence-electron chi connectivity index (χ3n) is 4.32. The average Bonchev–Trinajstić information content (AvgIpc) is 2.79. The summed E-state index contributed by atoms with van der Waals surface area (Å²) < 4.78 is 2.15. The first-order valence-electron chi connectivity index (χ1n) is 6.60. The van der Waals surface area contributed by atoms with E-state index in [2.05, 4.69) is 35.3 Å². The fourth-order valence-corrected chi connectivity index (χ4v) is 3.22. The van der Waals surface area contributed by atoms with Gasteiger partial charge in [-0.2, -0.15) is 0 Å². The van der Waals surface area contributed by atoms with Gasteiger partial charge >= 0.3 is 0 Å². The predicted octanol–water partition coefficient (Wildman–Crippen LogP) is 3.07. The molecule has 4 heteroatoms. The number of anilines is 1. The number of fused-ring (bicyclic) bond motifs is 1. The van der Waals surface area contributed by atoms with Crippen LogP contribution >= 0.6 is 0 Å². The van der Waals surface area contributed by atoms with Crippen molar-refractivity contribution in [2.75, 3.05) is 5.73 Å². The second-order valence-corrected chi connectivity index (χ2v) is 6.04. The Balaban J connectivity index is 2.23. The maximum Gasteiger partial charge on any atom is 0.202 e. The molecule has 1 aliphatic rings. The first kappa shape index (κ1) is 11.5. The van der Waals surface area contributed by atoms with Gasteiger partial charge in [-0.05, 0) is 36.8 Å². The van der Waals surface area contributed by atoms with Gasteiger partial charge in [0, 0.05) is 12.2 Å². The molecule has 1 saturated carbocycles. The largest absolute Gasteiger partial charge is 0.369 e. The fraction of sp³-hybridized carbons (Fsp3) is 0.571. The minimum Gasteiger partial charge on any atom is -0.369 e. The molecule has 2 aromatic rings. The number of aryl methyl sites for hydroxylation is 1. The second kappa shape index (κ2) is 3.70. The van der Waals surface area contributed by atoms with Crippen molar-refractivity contribution >= 4 is 17.1 Å². The molecule has 2 heterocycles. The van der Waals surface area contributed by atoms with Crippen molar-refractivity contribution < 1.29 is 0 Å². The molecule has 0 amide bonds. The van der Waals surface area contributed by atoms with E-state index in [0.717, 1.165) is 23.1 Å². The van der Waals surface area contributed by atoms with Gasteiger partial charge in [0.2, 0.25) is 5.95 Å². The second-order valence-electron chi connectivity index (χ2n) is 6.04. The molecule has 0 aromatic carbocycles. The molecule has 1 fully saturated rings. The summed E-state index contributed by atoms with van der Waals surface area (Å²) in [5.41, 5.74) is 9.43. The minimum absolute atomic E-state index is 0.271. The Morgan fingerprint density at radius 3 is 2.89 bits per heavy atom. The number of nitrogens with zero attached hydrogens (tertiary/aromatic N) is 3. The van der Waals surface area contributed by atoms with E-state index in [1.54, 1.807) is 0 Å². The standard InChI is InChI=1S/C14H20N4/c1-9-6-8-16-12-11(9)17-13(15)18(12)10-5-4-7-14(10,2)3/h6,8,10H,4-5,7H2,1-3H3,(H2,15,17). The van der Waals surface area contributed by atoms with E-state index in [0.29, 0.717) is 12.0 Å². The van der Waals surface area contributed by atoms with Gasteiger partial charge in [0.25, 0.3) is 0 Å². The molecule has 3 rings (SSSR count). The van der Waals surface area contributed by atoms with E-state index in [1.165, 1.54) is 12.8 Å². The highest BCUT2D eigenvalue weighted by Gasteiger charge is 2.37. The zero-order valence-electron chi connectivity index (χ0n) is 11.3. The molecule has 2 aromatic heterocycles. The molecule has 96 valence electrons. The van der Waals surface area contributed by atoms with Crippen LogP contribution in [0.15, 0.2) is 12.3 Å².